The Balaban J connectivity index is 2.09. The van der Waals surface area contributed by atoms with Crippen LogP contribution in [-0.4, -0.2) is 23.0 Å². The maximum atomic E-state index is 5.27. The molecule has 0 N–H and O–H groups in total. The van der Waals surface area contributed by atoms with Gasteiger partial charge < -0.3 is 9.32 Å². The molecule has 1 aliphatic rings. The summed E-state index contributed by atoms with van der Waals surface area (Å²) in [6, 6.07) is 3.79. The first-order valence-corrected chi connectivity index (χ1v) is 4.61. The Bertz CT molecular complexity index is 262. The van der Waals surface area contributed by atoms with Gasteiger partial charge in [-0.25, -0.2) is 0 Å². The van der Waals surface area contributed by atoms with Crippen LogP contribution in [0, 0.1) is 0 Å². The molecule has 2 heterocycles. The summed E-state index contributed by atoms with van der Waals surface area (Å²) in [5.41, 5.74) is 0. The van der Waals surface area contributed by atoms with E-state index in [-0.39, 0.29) is 0 Å². The van der Waals surface area contributed by atoms with Gasteiger partial charge in [0.15, 0.2) is 5.76 Å². The minimum Gasteiger partial charge on any atom is -0.462 e. The first kappa shape index (κ1) is 7.80. The predicted molar refractivity (Wildman–Crippen MR) is 51.2 cm³/mol. The first-order valence-electron chi connectivity index (χ1n) is 4.21. The summed E-state index contributed by atoms with van der Waals surface area (Å²) in [6.07, 6.45) is 4.17. The van der Waals surface area contributed by atoms with Crippen molar-refractivity contribution in [2.45, 2.75) is 12.8 Å². The Morgan fingerprint density at radius 3 is 2.75 bits per heavy atom. The lowest BCUT2D eigenvalue weighted by Crippen LogP contribution is -2.26. The maximum absolute atomic E-state index is 5.27. The second-order valence-electron chi connectivity index (χ2n) is 2.98. The second kappa shape index (κ2) is 3.27. The zero-order valence-corrected chi connectivity index (χ0v) is 7.64. The van der Waals surface area contributed by atoms with Gasteiger partial charge in [-0.05, 0) is 25.0 Å². The number of nitrogens with zero attached hydrogens (tertiary/aromatic N) is 1. The van der Waals surface area contributed by atoms with Gasteiger partial charge in [-0.3, -0.25) is 0 Å². The molecule has 0 aliphatic carbocycles. The minimum atomic E-state index is 0.826. The molecule has 0 aromatic carbocycles. The van der Waals surface area contributed by atoms with E-state index < -0.39 is 0 Å². The van der Waals surface area contributed by atoms with Crippen LogP contribution in [0.15, 0.2) is 22.8 Å². The van der Waals surface area contributed by atoms with Crippen LogP contribution >= 0.6 is 12.2 Å². The van der Waals surface area contributed by atoms with Crippen molar-refractivity contribution in [2.75, 3.05) is 13.1 Å². The summed E-state index contributed by atoms with van der Waals surface area (Å²) in [6.45, 7) is 2.17. The number of hydrogen-bond donors (Lipinski definition) is 0. The molecule has 0 spiro atoms. The molecule has 2 nitrogen and oxygen atoms in total. The third-order valence-electron chi connectivity index (χ3n) is 2.13. The topological polar surface area (TPSA) is 16.4 Å². The summed E-state index contributed by atoms with van der Waals surface area (Å²) >= 11 is 5.27. The van der Waals surface area contributed by atoms with Gasteiger partial charge >= 0.3 is 0 Å². The van der Waals surface area contributed by atoms with Crippen molar-refractivity contribution in [3.63, 3.8) is 0 Å². The fourth-order valence-corrected chi connectivity index (χ4v) is 1.78. The minimum absolute atomic E-state index is 0.826. The third-order valence-corrected chi connectivity index (χ3v) is 2.58. The molecule has 0 atom stereocenters. The van der Waals surface area contributed by atoms with E-state index in [0.29, 0.717) is 0 Å². The van der Waals surface area contributed by atoms with Crippen LogP contribution in [0.5, 0.6) is 0 Å². The van der Waals surface area contributed by atoms with Gasteiger partial charge in [-0.1, -0.05) is 12.2 Å². The van der Waals surface area contributed by atoms with Gasteiger partial charge in [0.25, 0.3) is 0 Å². The van der Waals surface area contributed by atoms with Crippen LogP contribution in [0.4, 0.5) is 0 Å². The third kappa shape index (κ3) is 1.37. The van der Waals surface area contributed by atoms with E-state index in [4.69, 9.17) is 16.6 Å². The molecule has 2 rings (SSSR count). The standard InChI is InChI=1S/C9H11NOS/c12-9(8-4-3-7-11-8)10-5-1-2-6-10/h3-4,7H,1-2,5-6H2. The van der Waals surface area contributed by atoms with Crippen molar-refractivity contribution >= 4 is 17.2 Å². The van der Waals surface area contributed by atoms with E-state index in [0.717, 1.165) is 23.8 Å². The van der Waals surface area contributed by atoms with Crippen molar-refractivity contribution in [1.82, 2.24) is 4.90 Å². The zero-order chi connectivity index (χ0) is 8.39. The Morgan fingerprint density at radius 1 is 1.42 bits per heavy atom. The van der Waals surface area contributed by atoms with Gasteiger partial charge in [0.1, 0.15) is 4.99 Å². The average Bonchev–Trinajstić information content (AvgIpc) is 2.77. The molecule has 12 heavy (non-hydrogen) atoms. The number of thiocarbonyl (C=S) groups is 1. The molecule has 0 saturated carbocycles. The molecule has 0 bridgehead atoms. The average molecular weight is 181 g/mol. The van der Waals surface area contributed by atoms with E-state index in [9.17, 15) is 0 Å². The highest BCUT2D eigenvalue weighted by molar-refractivity contribution is 7.80. The highest BCUT2D eigenvalue weighted by Crippen LogP contribution is 2.13. The number of hydrogen-bond acceptors (Lipinski definition) is 2. The van der Waals surface area contributed by atoms with E-state index in [1.807, 2.05) is 12.1 Å². The van der Waals surface area contributed by atoms with Crippen LogP contribution in [0.1, 0.15) is 18.6 Å². The zero-order valence-electron chi connectivity index (χ0n) is 6.82. The van der Waals surface area contributed by atoms with E-state index in [2.05, 4.69) is 4.90 Å². The van der Waals surface area contributed by atoms with Gasteiger partial charge in [-0.15, -0.1) is 0 Å². The molecule has 1 fully saturated rings. The quantitative estimate of drug-likeness (QED) is 0.617. The van der Waals surface area contributed by atoms with Crippen molar-refractivity contribution in [3.8, 4) is 0 Å². The number of likely N-dealkylation sites (tertiary alicyclic amines) is 1. The van der Waals surface area contributed by atoms with Gasteiger partial charge in [0.2, 0.25) is 0 Å². The fourth-order valence-electron chi connectivity index (χ4n) is 1.48. The monoisotopic (exact) mass is 181 g/mol. The molecule has 1 saturated heterocycles. The molecule has 1 aromatic heterocycles. The summed E-state index contributed by atoms with van der Waals surface area (Å²) in [5.74, 6) is 0.826. The normalized spacial score (nSPS) is 16.8. The predicted octanol–water partition coefficient (Wildman–Crippen LogP) is 2.05. The molecule has 1 aliphatic heterocycles. The fraction of sp³-hybridized carbons (Fsp3) is 0.444. The van der Waals surface area contributed by atoms with Gasteiger partial charge in [0, 0.05) is 13.1 Å². The maximum Gasteiger partial charge on any atom is 0.161 e. The Morgan fingerprint density at radius 2 is 2.17 bits per heavy atom. The summed E-state index contributed by atoms with van der Waals surface area (Å²) < 4.78 is 5.22. The molecule has 3 heteroatoms. The Labute approximate surface area is 77.2 Å². The van der Waals surface area contributed by atoms with E-state index >= 15 is 0 Å². The Hall–Kier alpha value is -0.830. The molecular formula is C9H11NOS. The van der Waals surface area contributed by atoms with Crippen molar-refractivity contribution in [3.05, 3.63) is 24.2 Å². The second-order valence-corrected chi connectivity index (χ2v) is 3.36. The van der Waals surface area contributed by atoms with E-state index in [1.54, 1.807) is 6.26 Å². The van der Waals surface area contributed by atoms with Crippen LogP contribution < -0.4 is 0 Å². The number of rotatable bonds is 1. The summed E-state index contributed by atoms with van der Waals surface area (Å²) in [5, 5.41) is 0. The van der Waals surface area contributed by atoms with Gasteiger partial charge in [0.05, 0.1) is 6.26 Å². The highest BCUT2D eigenvalue weighted by Gasteiger charge is 2.17. The SMILES string of the molecule is S=C(c1ccco1)N1CCCC1. The lowest BCUT2D eigenvalue weighted by Gasteiger charge is -2.15. The lowest BCUT2D eigenvalue weighted by molar-refractivity contribution is 0.495. The lowest BCUT2D eigenvalue weighted by atomic mass is 10.4. The highest BCUT2D eigenvalue weighted by atomic mass is 32.1. The number of furan rings is 1. The van der Waals surface area contributed by atoms with Crippen LogP contribution in [0.25, 0.3) is 0 Å². The van der Waals surface area contributed by atoms with Crippen LogP contribution in [0.3, 0.4) is 0 Å². The van der Waals surface area contributed by atoms with Crippen LogP contribution in [-0.2, 0) is 0 Å². The van der Waals surface area contributed by atoms with Crippen LogP contribution in [0.2, 0.25) is 0 Å². The smallest absolute Gasteiger partial charge is 0.161 e. The molecule has 1 aromatic rings. The molecule has 0 unspecified atom stereocenters. The van der Waals surface area contributed by atoms with Crippen molar-refractivity contribution in [2.24, 2.45) is 0 Å². The molecular weight excluding hydrogens is 170 g/mol. The summed E-state index contributed by atoms with van der Waals surface area (Å²) in [7, 11) is 0. The largest absolute Gasteiger partial charge is 0.462 e. The van der Waals surface area contributed by atoms with Crippen molar-refractivity contribution < 1.29 is 4.42 Å². The van der Waals surface area contributed by atoms with Gasteiger partial charge in [-0.2, -0.15) is 0 Å². The molecule has 64 valence electrons. The summed E-state index contributed by atoms with van der Waals surface area (Å²) in [4.78, 5) is 3.06. The van der Waals surface area contributed by atoms with E-state index in [1.165, 1.54) is 12.8 Å². The van der Waals surface area contributed by atoms with Crippen molar-refractivity contribution in [1.29, 1.82) is 0 Å². The molecule has 0 amide bonds. The first-order chi connectivity index (χ1) is 5.88. The Kier molecular flexibility index (Phi) is 2.13. The molecule has 0 radical (unpaired) electrons.